The summed E-state index contributed by atoms with van der Waals surface area (Å²) in [7, 11) is 0. The van der Waals surface area contributed by atoms with Crippen LogP contribution in [0.2, 0.25) is 0 Å². The van der Waals surface area contributed by atoms with Crippen molar-refractivity contribution in [2.75, 3.05) is 0 Å². The predicted octanol–water partition coefficient (Wildman–Crippen LogP) is 8.11. The molecule has 0 radical (unpaired) electrons. The molecule has 1 N–H and O–H groups in total. The van der Waals surface area contributed by atoms with Crippen LogP contribution < -0.4 is 4.74 Å². The van der Waals surface area contributed by atoms with Crippen LogP contribution in [0.25, 0.3) is 24.3 Å². The highest BCUT2D eigenvalue weighted by atomic mass is 16.5. The van der Waals surface area contributed by atoms with Crippen molar-refractivity contribution in [2.45, 2.75) is 12.0 Å². The highest BCUT2D eigenvalue weighted by molar-refractivity contribution is 5.71. The molecule has 0 fully saturated rings. The SMILES string of the molecule is C=Cc1ccc(/C=C/c2ccc3c(c2)[C@H](c2ccc(C=C)cc2)[C@@H](c2ccc(O)cc2)O3)cc1. The van der Waals surface area contributed by atoms with Crippen molar-refractivity contribution in [3.63, 3.8) is 0 Å². The summed E-state index contributed by atoms with van der Waals surface area (Å²) < 4.78 is 6.46. The molecule has 0 saturated heterocycles. The zero-order valence-electron chi connectivity index (χ0n) is 18.9. The molecule has 0 bridgehead atoms. The molecule has 2 heteroatoms. The Kier molecular flexibility index (Phi) is 5.88. The molecule has 4 aromatic rings. The molecule has 4 aromatic carbocycles. The summed E-state index contributed by atoms with van der Waals surface area (Å²) in [6, 6.07) is 30.4. The van der Waals surface area contributed by atoms with Crippen molar-refractivity contribution in [2.24, 2.45) is 0 Å². The van der Waals surface area contributed by atoms with Crippen LogP contribution in [0.4, 0.5) is 0 Å². The fourth-order valence-electron chi connectivity index (χ4n) is 4.44. The number of rotatable bonds is 6. The quantitative estimate of drug-likeness (QED) is 0.306. The minimum atomic E-state index is -0.171. The topological polar surface area (TPSA) is 29.5 Å². The molecule has 0 amide bonds. The van der Waals surface area contributed by atoms with E-state index in [9.17, 15) is 5.11 Å². The number of phenolic OH excluding ortho intramolecular Hbond substituents is 1. The maximum atomic E-state index is 9.77. The number of benzene rings is 4. The first-order chi connectivity index (χ1) is 16.6. The lowest BCUT2D eigenvalue weighted by atomic mass is 9.84. The Morgan fingerprint density at radius 1 is 0.618 bits per heavy atom. The van der Waals surface area contributed by atoms with Gasteiger partial charge in [-0.05, 0) is 57.6 Å². The normalized spacial score (nSPS) is 16.7. The zero-order valence-corrected chi connectivity index (χ0v) is 18.9. The van der Waals surface area contributed by atoms with Gasteiger partial charge in [-0.3, -0.25) is 0 Å². The summed E-state index contributed by atoms with van der Waals surface area (Å²) in [5.74, 6) is 1.18. The zero-order chi connectivity index (χ0) is 23.5. The minimum absolute atomic E-state index is 0.0404. The van der Waals surface area contributed by atoms with Gasteiger partial charge in [0.25, 0.3) is 0 Å². The first-order valence-corrected chi connectivity index (χ1v) is 11.4. The van der Waals surface area contributed by atoms with E-state index < -0.39 is 0 Å². The molecule has 2 atom stereocenters. The first-order valence-electron chi connectivity index (χ1n) is 11.4. The number of hydrogen-bond donors (Lipinski definition) is 1. The Bertz CT molecular complexity index is 1340. The van der Waals surface area contributed by atoms with Gasteiger partial charge in [-0.25, -0.2) is 0 Å². The van der Waals surface area contributed by atoms with Crippen LogP contribution >= 0.6 is 0 Å². The van der Waals surface area contributed by atoms with Gasteiger partial charge in [-0.15, -0.1) is 0 Å². The second kappa shape index (κ2) is 9.29. The summed E-state index contributed by atoms with van der Waals surface area (Å²) in [6.45, 7) is 7.68. The third-order valence-electron chi connectivity index (χ3n) is 6.32. The smallest absolute Gasteiger partial charge is 0.135 e. The van der Waals surface area contributed by atoms with E-state index in [1.807, 2.05) is 24.3 Å². The molecule has 0 aliphatic carbocycles. The van der Waals surface area contributed by atoms with Gasteiger partial charge in [0.2, 0.25) is 0 Å². The van der Waals surface area contributed by atoms with Crippen molar-refractivity contribution in [1.82, 2.24) is 0 Å². The second-order valence-corrected chi connectivity index (χ2v) is 8.48. The largest absolute Gasteiger partial charge is 0.508 e. The molecule has 0 spiro atoms. The molecule has 0 saturated carbocycles. The lowest BCUT2D eigenvalue weighted by Gasteiger charge is -2.20. The molecule has 34 heavy (non-hydrogen) atoms. The fraction of sp³-hybridized carbons (Fsp3) is 0.0625. The maximum absolute atomic E-state index is 9.77. The molecule has 166 valence electrons. The molecule has 2 nitrogen and oxygen atoms in total. The van der Waals surface area contributed by atoms with E-state index in [0.29, 0.717) is 0 Å². The van der Waals surface area contributed by atoms with Crippen LogP contribution in [0.5, 0.6) is 11.5 Å². The van der Waals surface area contributed by atoms with Crippen LogP contribution in [-0.2, 0) is 0 Å². The van der Waals surface area contributed by atoms with Crippen molar-refractivity contribution in [3.8, 4) is 11.5 Å². The van der Waals surface area contributed by atoms with E-state index in [4.69, 9.17) is 4.74 Å². The van der Waals surface area contributed by atoms with Crippen LogP contribution in [-0.4, -0.2) is 5.11 Å². The highest BCUT2D eigenvalue weighted by Crippen LogP contribution is 2.50. The van der Waals surface area contributed by atoms with Gasteiger partial charge in [-0.1, -0.05) is 104 Å². The van der Waals surface area contributed by atoms with Gasteiger partial charge in [0, 0.05) is 5.56 Å². The lowest BCUT2D eigenvalue weighted by molar-refractivity contribution is 0.222. The van der Waals surface area contributed by atoms with Gasteiger partial charge in [0.15, 0.2) is 0 Å². The maximum Gasteiger partial charge on any atom is 0.135 e. The standard InChI is InChI=1S/C32H26O2/c1-3-22-5-7-24(8-6-22)9-10-25-13-20-30-29(21-25)31(26-14-11-23(4-2)12-15-26)32(34-30)27-16-18-28(33)19-17-27/h3-21,31-33H,1-2H2/b10-9+/t31-,32+/m0/s1. The molecule has 1 heterocycles. The molecule has 0 unspecified atom stereocenters. The molecule has 5 rings (SSSR count). The Morgan fingerprint density at radius 2 is 1.15 bits per heavy atom. The fourth-order valence-corrected chi connectivity index (χ4v) is 4.44. The lowest BCUT2D eigenvalue weighted by Crippen LogP contribution is -2.11. The Labute approximate surface area is 200 Å². The van der Waals surface area contributed by atoms with Gasteiger partial charge in [0.1, 0.15) is 17.6 Å². The Morgan fingerprint density at radius 3 is 1.79 bits per heavy atom. The number of phenols is 1. The van der Waals surface area contributed by atoms with Crippen LogP contribution in [0.3, 0.4) is 0 Å². The molecular formula is C32H26O2. The van der Waals surface area contributed by atoms with E-state index in [2.05, 4.69) is 92.0 Å². The summed E-state index contributed by atoms with van der Waals surface area (Å²) in [5.41, 5.74) is 7.83. The van der Waals surface area contributed by atoms with Gasteiger partial charge in [0.05, 0.1) is 5.92 Å². The Balaban J connectivity index is 1.52. The highest BCUT2D eigenvalue weighted by Gasteiger charge is 2.36. The van der Waals surface area contributed by atoms with Gasteiger partial charge >= 0.3 is 0 Å². The molecular weight excluding hydrogens is 416 g/mol. The number of aromatic hydroxyl groups is 1. The first kappa shape index (κ1) is 21.5. The summed E-state index contributed by atoms with van der Waals surface area (Å²) >= 11 is 0. The Hall–Kier alpha value is -4.30. The van der Waals surface area contributed by atoms with Crippen molar-refractivity contribution < 1.29 is 9.84 Å². The van der Waals surface area contributed by atoms with E-state index >= 15 is 0 Å². The van der Waals surface area contributed by atoms with Crippen LogP contribution in [0, 0.1) is 0 Å². The third kappa shape index (κ3) is 4.31. The molecule has 0 aromatic heterocycles. The second-order valence-electron chi connectivity index (χ2n) is 8.48. The number of hydrogen-bond acceptors (Lipinski definition) is 2. The van der Waals surface area contributed by atoms with Crippen molar-refractivity contribution in [3.05, 3.63) is 143 Å². The van der Waals surface area contributed by atoms with Gasteiger partial charge < -0.3 is 9.84 Å². The monoisotopic (exact) mass is 442 g/mol. The average Bonchev–Trinajstić information content (AvgIpc) is 3.27. The predicted molar refractivity (Wildman–Crippen MR) is 142 cm³/mol. The number of ether oxygens (including phenoxy) is 1. The molecule has 1 aliphatic heterocycles. The van der Waals surface area contributed by atoms with Crippen molar-refractivity contribution in [1.29, 1.82) is 0 Å². The van der Waals surface area contributed by atoms with E-state index in [-0.39, 0.29) is 17.8 Å². The number of fused-ring (bicyclic) bond motifs is 1. The minimum Gasteiger partial charge on any atom is -0.508 e. The van der Waals surface area contributed by atoms with Gasteiger partial charge in [-0.2, -0.15) is 0 Å². The van der Waals surface area contributed by atoms with Crippen LogP contribution in [0.1, 0.15) is 51.0 Å². The summed E-state index contributed by atoms with van der Waals surface area (Å²) in [4.78, 5) is 0. The molecule has 1 aliphatic rings. The van der Waals surface area contributed by atoms with E-state index in [1.165, 1.54) is 5.56 Å². The van der Waals surface area contributed by atoms with Crippen molar-refractivity contribution >= 4 is 24.3 Å². The third-order valence-corrected chi connectivity index (χ3v) is 6.32. The summed E-state index contributed by atoms with van der Waals surface area (Å²) in [5, 5.41) is 9.77. The van der Waals surface area contributed by atoms with E-state index in [0.717, 1.165) is 39.1 Å². The average molecular weight is 443 g/mol. The van der Waals surface area contributed by atoms with Crippen LogP contribution in [0.15, 0.2) is 104 Å². The summed E-state index contributed by atoms with van der Waals surface area (Å²) in [6.07, 6.45) is 7.78. The van der Waals surface area contributed by atoms with E-state index in [1.54, 1.807) is 12.1 Å².